The number of H-pyrrole nitrogens is 1. The van der Waals surface area contributed by atoms with Gasteiger partial charge in [0.2, 0.25) is 0 Å². The third-order valence-corrected chi connectivity index (χ3v) is 6.77. The number of hydrogen-bond acceptors (Lipinski definition) is 1. The molecule has 2 heterocycles. The lowest BCUT2D eigenvalue weighted by Gasteiger charge is -2.38. The summed E-state index contributed by atoms with van der Waals surface area (Å²) in [6.45, 7) is 5.21. The molecule has 0 spiro atoms. The Morgan fingerprint density at radius 1 is 1.03 bits per heavy atom. The topological polar surface area (TPSA) is 31.1 Å². The van der Waals surface area contributed by atoms with Gasteiger partial charge in [0.15, 0.2) is 5.11 Å². The molecule has 0 saturated heterocycles. The summed E-state index contributed by atoms with van der Waals surface area (Å²) in [6, 6.07) is 26.2. The molecule has 32 heavy (non-hydrogen) atoms. The van der Waals surface area contributed by atoms with Gasteiger partial charge in [-0.2, -0.15) is 0 Å². The van der Waals surface area contributed by atoms with E-state index in [1.54, 1.807) is 0 Å². The summed E-state index contributed by atoms with van der Waals surface area (Å²) in [7, 11) is 0. The van der Waals surface area contributed by atoms with Crippen molar-refractivity contribution in [2.75, 3.05) is 11.9 Å². The minimum absolute atomic E-state index is 0.0623. The molecule has 2 N–H and O–H groups in total. The van der Waals surface area contributed by atoms with Crippen molar-refractivity contribution in [2.45, 2.75) is 39.2 Å². The van der Waals surface area contributed by atoms with Crippen LogP contribution < -0.4 is 5.32 Å². The second-order valence-electron chi connectivity index (χ2n) is 8.70. The van der Waals surface area contributed by atoms with Gasteiger partial charge in [0.25, 0.3) is 0 Å². The van der Waals surface area contributed by atoms with E-state index in [0.29, 0.717) is 0 Å². The van der Waals surface area contributed by atoms with E-state index in [9.17, 15) is 0 Å². The van der Waals surface area contributed by atoms with E-state index >= 15 is 0 Å². The van der Waals surface area contributed by atoms with Crippen molar-refractivity contribution in [3.8, 4) is 0 Å². The van der Waals surface area contributed by atoms with Crippen molar-refractivity contribution in [3.05, 3.63) is 101 Å². The van der Waals surface area contributed by atoms with Crippen LogP contribution in [0.4, 0.5) is 5.69 Å². The number of benzene rings is 3. The maximum atomic E-state index is 5.94. The van der Waals surface area contributed by atoms with Crippen LogP contribution in [0.1, 0.15) is 47.3 Å². The van der Waals surface area contributed by atoms with Crippen LogP contribution in [-0.4, -0.2) is 21.5 Å². The van der Waals surface area contributed by atoms with Crippen LogP contribution in [0.25, 0.3) is 10.9 Å². The standard InChI is InChI=1S/C28H29N3S/c1-3-6-20-11-13-21(14-12-20)27-26-24(23-7-4-5-8-25(23)30-26)17-18-31(27)28(32)29-22-15-9-19(2)10-16-22/h4-5,7-16,27,30H,3,6,17-18H2,1-2H3,(H,29,32). The molecular formula is C28H29N3S. The summed E-state index contributed by atoms with van der Waals surface area (Å²) >= 11 is 5.94. The summed E-state index contributed by atoms with van der Waals surface area (Å²) in [5.41, 5.74) is 8.80. The third-order valence-electron chi connectivity index (χ3n) is 6.43. The van der Waals surface area contributed by atoms with Crippen molar-refractivity contribution in [2.24, 2.45) is 0 Å². The number of aromatic nitrogens is 1. The Bertz CT molecular complexity index is 1240. The zero-order chi connectivity index (χ0) is 22.1. The predicted octanol–water partition coefficient (Wildman–Crippen LogP) is 6.77. The van der Waals surface area contributed by atoms with E-state index in [-0.39, 0.29) is 6.04 Å². The Kier molecular flexibility index (Phi) is 5.71. The molecule has 1 atom stereocenters. The van der Waals surface area contributed by atoms with Crippen molar-refractivity contribution in [3.63, 3.8) is 0 Å². The largest absolute Gasteiger partial charge is 0.356 e. The van der Waals surface area contributed by atoms with Crippen LogP contribution in [0.15, 0.2) is 72.8 Å². The zero-order valence-electron chi connectivity index (χ0n) is 18.7. The first-order valence-electron chi connectivity index (χ1n) is 11.5. The number of aromatic amines is 1. The third kappa shape index (κ3) is 3.91. The van der Waals surface area contributed by atoms with E-state index in [0.717, 1.165) is 36.6 Å². The van der Waals surface area contributed by atoms with Crippen molar-refractivity contribution >= 4 is 33.9 Å². The van der Waals surface area contributed by atoms with Gasteiger partial charge in [-0.3, -0.25) is 0 Å². The summed E-state index contributed by atoms with van der Waals surface area (Å²) in [4.78, 5) is 6.07. The van der Waals surface area contributed by atoms with Gasteiger partial charge in [-0.1, -0.05) is 73.5 Å². The average Bonchev–Trinajstić information content (AvgIpc) is 3.19. The van der Waals surface area contributed by atoms with Crippen LogP contribution in [-0.2, 0) is 12.8 Å². The highest BCUT2D eigenvalue weighted by Crippen LogP contribution is 2.38. The van der Waals surface area contributed by atoms with Crippen molar-refractivity contribution < 1.29 is 0 Å². The lowest BCUT2D eigenvalue weighted by molar-refractivity contribution is 0.339. The quantitative estimate of drug-likeness (QED) is 0.344. The van der Waals surface area contributed by atoms with E-state index in [4.69, 9.17) is 12.2 Å². The van der Waals surface area contributed by atoms with Gasteiger partial charge in [0.1, 0.15) is 0 Å². The Hall–Kier alpha value is -3.11. The van der Waals surface area contributed by atoms with E-state index in [1.807, 2.05) is 0 Å². The number of hydrogen-bond donors (Lipinski definition) is 2. The summed E-state index contributed by atoms with van der Waals surface area (Å²) < 4.78 is 0. The lowest BCUT2D eigenvalue weighted by Crippen LogP contribution is -2.42. The summed E-state index contributed by atoms with van der Waals surface area (Å²) in [6.07, 6.45) is 3.24. The molecule has 0 amide bonds. The van der Waals surface area contributed by atoms with Gasteiger partial charge in [0.05, 0.1) is 6.04 Å². The highest BCUT2D eigenvalue weighted by Gasteiger charge is 2.33. The molecule has 0 bridgehead atoms. The normalized spacial score (nSPS) is 15.6. The smallest absolute Gasteiger partial charge is 0.174 e. The molecule has 3 nitrogen and oxygen atoms in total. The molecule has 1 aromatic heterocycles. The van der Waals surface area contributed by atoms with E-state index in [2.05, 4.69) is 102 Å². The number of fused-ring (bicyclic) bond motifs is 3. The zero-order valence-corrected chi connectivity index (χ0v) is 19.5. The first kappa shape index (κ1) is 20.8. The molecule has 1 aliphatic rings. The highest BCUT2D eigenvalue weighted by molar-refractivity contribution is 7.80. The molecular weight excluding hydrogens is 410 g/mol. The number of anilines is 1. The fourth-order valence-corrected chi connectivity index (χ4v) is 5.11. The molecule has 1 aliphatic heterocycles. The predicted molar refractivity (Wildman–Crippen MR) is 138 cm³/mol. The molecule has 0 saturated carbocycles. The molecule has 4 aromatic rings. The molecule has 3 aromatic carbocycles. The Morgan fingerprint density at radius 3 is 2.53 bits per heavy atom. The first-order valence-corrected chi connectivity index (χ1v) is 11.9. The summed E-state index contributed by atoms with van der Waals surface area (Å²) in [5, 5.41) is 5.57. The molecule has 0 fully saturated rings. The Morgan fingerprint density at radius 2 is 1.78 bits per heavy atom. The van der Waals surface area contributed by atoms with Crippen LogP contribution in [0.3, 0.4) is 0 Å². The lowest BCUT2D eigenvalue weighted by atomic mass is 9.92. The number of thiocarbonyl (C=S) groups is 1. The monoisotopic (exact) mass is 439 g/mol. The maximum Gasteiger partial charge on any atom is 0.174 e. The number of nitrogens with one attached hydrogen (secondary N) is 2. The fourth-order valence-electron chi connectivity index (χ4n) is 4.79. The second kappa shape index (κ2) is 8.79. The SMILES string of the molecule is CCCc1ccc(C2c3[nH]c4ccccc4c3CCN2C(=S)Nc2ccc(C)cc2)cc1. The van der Waals surface area contributed by atoms with E-state index in [1.165, 1.54) is 38.9 Å². The molecule has 0 radical (unpaired) electrons. The molecule has 162 valence electrons. The Balaban J connectivity index is 1.54. The van der Waals surface area contributed by atoms with Crippen LogP contribution in [0, 0.1) is 6.92 Å². The number of rotatable bonds is 4. The fraction of sp³-hybridized carbons (Fsp3) is 0.250. The minimum Gasteiger partial charge on any atom is -0.356 e. The molecule has 4 heteroatoms. The number of nitrogens with zero attached hydrogens (tertiary/aromatic N) is 1. The van der Waals surface area contributed by atoms with Crippen molar-refractivity contribution in [1.29, 1.82) is 0 Å². The number of para-hydroxylation sites is 1. The highest BCUT2D eigenvalue weighted by atomic mass is 32.1. The van der Waals surface area contributed by atoms with E-state index < -0.39 is 0 Å². The first-order chi connectivity index (χ1) is 15.6. The van der Waals surface area contributed by atoms with Crippen LogP contribution in [0.5, 0.6) is 0 Å². The van der Waals surface area contributed by atoms with Crippen molar-refractivity contribution in [1.82, 2.24) is 9.88 Å². The van der Waals surface area contributed by atoms with Gasteiger partial charge in [-0.15, -0.1) is 0 Å². The molecule has 5 rings (SSSR count). The van der Waals surface area contributed by atoms with Gasteiger partial charge >= 0.3 is 0 Å². The van der Waals surface area contributed by atoms with Crippen LogP contribution in [0.2, 0.25) is 0 Å². The number of aryl methyl sites for hydroxylation is 2. The van der Waals surface area contributed by atoms with Gasteiger partial charge in [-0.05, 0) is 66.9 Å². The van der Waals surface area contributed by atoms with Gasteiger partial charge < -0.3 is 15.2 Å². The summed E-state index contributed by atoms with van der Waals surface area (Å²) in [5.74, 6) is 0. The van der Waals surface area contributed by atoms with Crippen LogP contribution >= 0.6 is 12.2 Å². The Labute approximate surface area is 195 Å². The maximum absolute atomic E-state index is 5.94. The second-order valence-corrected chi connectivity index (χ2v) is 9.08. The molecule has 1 unspecified atom stereocenters. The average molecular weight is 440 g/mol. The molecule has 0 aliphatic carbocycles. The van der Waals surface area contributed by atoms with Gasteiger partial charge in [-0.25, -0.2) is 0 Å². The van der Waals surface area contributed by atoms with Gasteiger partial charge in [0, 0.05) is 28.8 Å². The minimum atomic E-state index is 0.0623.